The lowest BCUT2D eigenvalue weighted by molar-refractivity contribution is 0.485. The van der Waals surface area contributed by atoms with Crippen LogP contribution in [0.2, 0.25) is 0 Å². The van der Waals surface area contributed by atoms with Gasteiger partial charge in [-0.05, 0) is 43.3 Å². The number of nitrogens with two attached hydrogens (primary N) is 1. The monoisotopic (exact) mass is 251 g/mol. The number of anilines is 1. The number of aromatic nitrogens is 2. The fraction of sp³-hybridized carbons (Fsp3) is 0.0667. The van der Waals surface area contributed by atoms with E-state index in [2.05, 4.69) is 9.97 Å². The molecule has 0 bridgehead atoms. The van der Waals surface area contributed by atoms with Crippen molar-refractivity contribution in [3.63, 3.8) is 0 Å². The first kappa shape index (κ1) is 11.5. The number of hydrogen-bond donors (Lipinski definition) is 1. The molecule has 0 aliphatic carbocycles. The van der Waals surface area contributed by atoms with E-state index in [4.69, 9.17) is 10.5 Å². The second-order valence-corrected chi connectivity index (χ2v) is 4.29. The molecule has 0 atom stereocenters. The topological polar surface area (TPSA) is 61.0 Å². The highest BCUT2D eigenvalue weighted by molar-refractivity contribution is 5.93. The number of pyridine rings is 2. The Bertz CT molecular complexity index is 723. The molecule has 3 rings (SSSR count). The van der Waals surface area contributed by atoms with Crippen LogP contribution in [0, 0.1) is 6.92 Å². The molecular formula is C15H13N3O. The molecule has 2 heterocycles. The molecule has 4 heteroatoms. The van der Waals surface area contributed by atoms with E-state index < -0.39 is 0 Å². The SMILES string of the molecule is Cc1ccc(Oc2ccc(N)c3ncccc23)cn1. The fourth-order valence-corrected chi connectivity index (χ4v) is 1.90. The molecule has 0 saturated heterocycles. The molecule has 3 aromatic rings. The van der Waals surface area contributed by atoms with Gasteiger partial charge in [0.1, 0.15) is 11.5 Å². The van der Waals surface area contributed by atoms with Gasteiger partial charge in [0, 0.05) is 17.3 Å². The molecule has 4 nitrogen and oxygen atoms in total. The molecule has 94 valence electrons. The van der Waals surface area contributed by atoms with Crippen LogP contribution in [0.25, 0.3) is 10.9 Å². The Morgan fingerprint density at radius 3 is 2.74 bits per heavy atom. The van der Waals surface area contributed by atoms with Crippen molar-refractivity contribution >= 4 is 16.6 Å². The lowest BCUT2D eigenvalue weighted by Gasteiger charge is -2.09. The van der Waals surface area contributed by atoms with Crippen LogP contribution in [-0.2, 0) is 0 Å². The van der Waals surface area contributed by atoms with Crippen LogP contribution in [-0.4, -0.2) is 9.97 Å². The van der Waals surface area contributed by atoms with Gasteiger partial charge in [-0.25, -0.2) is 0 Å². The average molecular weight is 251 g/mol. The Kier molecular flexibility index (Phi) is 2.76. The molecule has 0 saturated carbocycles. The highest BCUT2D eigenvalue weighted by Crippen LogP contribution is 2.31. The normalized spacial score (nSPS) is 10.6. The molecule has 0 amide bonds. The van der Waals surface area contributed by atoms with Crippen LogP contribution in [0.3, 0.4) is 0 Å². The van der Waals surface area contributed by atoms with Crippen LogP contribution < -0.4 is 10.5 Å². The van der Waals surface area contributed by atoms with Gasteiger partial charge < -0.3 is 10.5 Å². The van der Waals surface area contributed by atoms with E-state index in [1.165, 1.54) is 0 Å². The second-order valence-electron chi connectivity index (χ2n) is 4.29. The fourth-order valence-electron chi connectivity index (χ4n) is 1.90. The van der Waals surface area contributed by atoms with Crippen molar-refractivity contribution in [1.29, 1.82) is 0 Å². The second kappa shape index (κ2) is 4.57. The summed E-state index contributed by atoms with van der Waals surface area (Å²) in [6.45, 7) is 1.94. The molecule has 2 aromatic heterocycles. The number of nitrogen functional groups attached to an aromatic ring is 1. The highest BCUT2D eigenvalue weighted by Gasteiger charge is 2.06. The molecule has 0 aliphatic heterocycles. The summed E-state index contributed by atoms with van der Waals surface area (Å²) in [7, 11) is 0. The third-order valence-electron chi connectivity index (χ3n) is 2.87. The van der Waals surface area contributed by atoms with E-state index in [1.807, 2.05) is 37.3 Å². The van der Waals surface area contributed by atoms with Crippen molar-refractivity contribution in [2.24, 2.45) is 0 Å². The van der Waals surface area contributed by atoms with Gasteiger partial charge in [-0.3, -0.25) is 9.97 Å². The quantitative estimate of drug-likeness (QED) is 0.710. The zero-order valence-corrected chi connectivity index (χ0v) is 10.5. The minimum absolute atomic E-state index is 0.644. The summed E-state index contributed by atoms with van der Waals surface area (Å²) >= 11 is 0. The molecule has 0 radical (unpaired) electrons. The lowest BCUT2D eigenvalue weighted by atomic mass is 10.2. The van der Waals surface area contributed by atoms with Crippen molar-refractivity contribution in [3.05, 3.63) is 54.5 Å². The molecule has 0 unspecified atom stereocenters. The number of fused-ring (bicyclic) bond motifs is 1. The molecule has 0 fully saturated rings. The molecular weight excluding hydrogens is 238 g/mol. The van der Waals surface area contributed by atoms with Gasteiger partial charge in [-0.1, -0.05) is 0 Å². The molecule has 19 heavy (non-hydrogen) atoms. The largest absolute Gasteiger partial charge is 0.455 e. The summed E-state index contributed by atoms with van der Waals surface area (Å²) in [6, 6.07) is 11.2. The van der Waals surface area contributed by atoms with E-state index in [-0.39, 0.29) is 0 Å². The minimum Gasteiger partial charge on any atom is -0.455 e. The van der Waals surface area contributed by atoms with Crippen LogP contribution in [0.1, 0.15) is 5.69 Å². The van der Waals surface area contributed by atoms with Crippen molar-refractivity contribution in [2.75, 3.05) is 5.73 Å². The first-order valence-electron chi connectivity index (χ1n) is 5.98. The number of hydrogen-bond acceptors (Lipinski definition) is 4. The predicted octanol–water partition coefficient (Wildman–Crippen LogP) is 3.31. The van der Waals surface area contributed by atoms with Crippen LogP contribution in [0.4, 0.5) is 5.69 Å². The Hall–Kier alpha value is -2.62. The van der Waals surface area contributed by atoms with Crippen molar-refractivity contribution in [2.45, 2.75) is 6.92 Å². The maximum atomic E-state index is 5.91. The molecule has 0 aliphatic rings. The van der Waals surface area contributed by atoms with Gasteiger partial charge in [0.25, 0.3) is 0 Å². The van der Waals surface area contributed by atoms with Crippen molar-refractivity contribution < 1.29 is 4.74 Å². The highest BCUT2D eigenvalue weighted by atomic mass is 16.5. The van der Waals surface area contributed by atoms with Gasteiger partial charge >= 0.3 is 0 Å². The third kappa shape index (κ3) is 2.20. The van der Waals surface area contributed by atoms with E-state index in [1.54, 1.807) is 18.5 Å². The van der Waals surface area contributed by atoms with Gasteiger partial charge in [-0.2, -0.15) is 0 Å². The van der Waals surface area contributed by atoms with Crippen LogP contribution in [0.5, 0.6) is 11.5 Å². The lowest BCUT2D eigenvalue weighted by Crippen LogP contribution is -1.93. The standard InChI is InChI=1S/C15H13N3O/c1-10-4-5-11(9-18-10)19-14-7-6-13(16)15-12(14)3-2-8-17-15/h2-9H,16H2,1H3. The molecule has 2 N–H and O–H groups in total. The van der Waals surface area contributed by atoms with Gasteiger partial charge in [0.05, 0.1) is 17.4 Å². The smallest absolute Gasteiger partial charge is 0.145 e. The number of ether oxygens (including phenoxy) is 1. The third-order valence-corrected chi connectivity index (χ3v) is 2.87. The minimum atomic E-state index is 0.644. The summed E-state index contributed by atoms with van der Waals surface area (Å²) < 4.78 is 5.84. The summed E-state index contributed by atoms with van der Waals surface area (Å²) in [5.41, 5.74) is 8.26. The summed E-state index contributed by atoms with van der Waals surface area (Å²) in [5.74, 6) is 1.42. The Morgan fingerprint density at radius 2 is 1.95 bits per heavy atom. The first-order valence-corrected chi connectivity index (χ1v) is 5.98. The number of nitrogens with zero attached hydrogens (tertiary/aromatic N) is 2. The van der Waals surface area contributed by atoms with E-state index in [9.17, 15) is 0 Å². The number of benzene rings is 1. The van der Waals surface area contributed by atoms with E-state index in [0.717, 1.165) is 22.3 Å². The van der Waals surface area contributed by atoms with Crippen LogP contribution in [0.15, 0.2) is 48.8 Å². The average Bonchev–Trinajstić information content (AvgIpc) is 2.45. The van der Waals surface area contributed by atoms with E-state index >= 15 is 0 Å². The first-order chi connectivity index (χ1) is 9.24. The van der Waals surface area contributed by atoms with Crippen LogP contribution >= 0.6 is 0 Å². The molecule has 0 spiro atoms. The van der Waals surface area contributed by atoms with Gasteiger partial charge in [0.15, 0.2) is 0 Å². The maximum Gasteiger partial charge on any atom is 0.145 e. The van der Waals surface area contributed by atoms with Crippen molar-refractivity contribution in [3.8, 4) is 11.5 Å². The van der Waals surface area contributed by atoms with Gasteiger partial charge in [-0.15, -0.1) is 0 Å². The predicted molar refractivity (Wildman–Crippen MR) is 75.2 cm³/mol. The van der Waals surface area contributed by atoms with Crippen molar-refractivity contribution in [1.82, 2.24) is 9.97 Å². The maximum absolute atomic E-state index is 5.91. The Balaban J connectivity index is 2.06. The van der Waals surface area contributed by atoms with Gasteiger partial charge in [0.2, 0.25) is 0 Å². The summed E-state index contributed by atoms with van der Waals surface area (Å²) in [6.07, 6.45) is 3.42. The number of rotatable bonds is 2. The van der Waals surface area contributed by atoms with E-state index in [0.29, 0.717) is 11.4 Å². The zero-order chi connectivity index (χ0) is 13.2. The summed E-state index contributed by atoms with van der Waals surface area (Å²) in [4.78, 5) is 8.48. The Labute approximate surface area is 110 Å². The summed E-state index contributed by atoms with van der Waals surface area (Å²) in [5, 5.41) is 0.892. The molecule has 1 aromatic carbocycles. The Morgan fingerprint density at radius 1 is 1.05 bits per heavy atom. The zero-order valence-electron chi connectivity index (χ0n) is 10.5. The number of aryl methyl sites for hydroxylation is 1.